The predicted molar refractivity (Wildman–Crippen MR) is 93.8 cm³/mol. The van der Waals surface area contributed by atoms with Crippen LogP contribution in [0.2, 0.25) is 0 Å². The summed E-state index contributed by atoms with van der Waals surface area (Å²) in [5.41, 5.74) is 1.34. The lowest BCUT2D eigenvalue weighted by Gasteiger charge is -2.19. The summed E-state index contributed by atoms with van der Waals surface area (Å²) in [6.45, 7) is 0.943. The molecule has 1 amide bonds. The number of halogens is 1. The molecule has 6 heteroatoms. The summed E-state index contributed by atoms with van der Waals surface area (Å²) in [6, 6.07) is 6.54. The van der Waals surface area contributed by atoms with Gasteiger partial charge in [-0.05, 0) is 48.5 Å². The van der Waals surface area contributed by atoms with Crippen LogP contribution in [0.5, 0.6) is 0 Å². The highest BCUT2D eigenvalue weighted by Gasteiger charge is 2.62. The summed E-state index contributed by atoms with van der Waals surface area (Å²) in [4.78, 5) is 12.4. The molecule has 2 saturated carbocycles. The van der Waals surface area contributed by atoms with Gasteiger partial charge in [-0.3, -0.25) is 4.79 Å². The van der Waals surface area contributed by atoms with Crippen LogP contribution in [-0.2, 0) is 6.54 Å². The average Bonchev–Trinajstić information content (AvgIpc) is 3.07. The van der Waals surface area contributed by atoms with E-state index in [2.05, 4.69) is 27.8 Å². The van der Waals surface area contributed by atoms with Gasteiger partial charge in [0.2, 0.25) is 0 Å². The van der Waals surface area contributed by atoms with Crippen LogP contribution in [-0.4, -0.2) is 27.4 Å². The molecule has 0 aliphatic heterocycles. The lowest BCUT2D eigenvalue weighted by molar-refractivity contribution is 0.0939. The van der Waals surface area contributed by atoms with E-state index in [9.17, 15) is 9.18 Å². The van der Waals surface area contributed by atoms with Crippen molar-refractivity contribution in [1.29, 1.82) is 0 Å². The summed E-state index contributed by atoms with van der Waals surface area (Å²) >= 11 is 0. The van der Waals surface area contributed by atoms with Gasteiger partial charge in [0.25, 0.3) is 5.91 Å². The van der Waals surface area contributed by atoms with Gasteiger partial charge < -0.3 is 5.32 Å². The number of nitrogens with zero attached hydrogens (tertiary/aromatic N) is 3. The topological polar surface area (TPSA) is 59.8 Å². The Kier molecular flexibility index (Phi) is 3.48. The second-order valence-electron chi connectivity index (χ2n) is 7.85. The van der Waals surface area contributed by atoms with Gasteiger partial charge in [0.1, 0.15) is 5.82 Å². The Morgan fingerprint density at radius 1 is 1.31 bits per heavy atom. The predicted octanol–water partition coefficient (Wildman–Crippen LogP) is 2.80. The molecule has 3 atom stereocenters. The van der Waals surface area contributed by atoms with Crippen LogP contribution < -0.4 is 5.32 Å². The molecular formula is C20H21FN4O. The van der Waals surface area contributed by atoms with Crippen LogP contribution in [0.25, 0.3) is 0 Å². The number of aromatic nitrogens is 3. The van der Waals surface area contributed by atoms with Crippen LogP contribution in [0.3, 0.4) is 0 Å². The Labute approximate surface area is 151 Å². The van der Waals surface area contributed by atoms with Gasteiger partial charge in [-0.2, -0.15) is 0 Å². The number of allylic oxidation sites excluding steroid dienone is 2. The smallest absolute Gasteiger partial charge is 0.273 e. The van der Waals surface area contributed by atoms with Crippen LogP contribution in [0.4, 0.5) is 4.39 Å². The Morgan fingerprint density at radius 2 is 2.15 bits per heavy atom. The number of carbonyl (C=O) groups excluding carboxylic acids is 1. The Hall–Kier alpha value is -2.50. The fourth-order valence-electron chi connectivity index (χ4n) is 4.95. The molecule has 5 rings (SSSR count). The monoisotopic (exact) mass is 352 g/mol. The molecule has 1 spiro atoms. The molecule has 134 valence electrons. The number of rotatable bonds is 5. The molecule has 0 radical (unpaired) electrons. The third kappa shape index (κ3) is 2.47. The zero-order valence-electron chi connectivity index (χ0n) is 14.4. The molecule has 0 saturated heterocycles. The highest BCUT2D eigenvalue weighted by Crippen LogP contribution is 2.69. The normalized spacial score (nSPS) is 27.2. The first-order valence-corrected chi connectivity index (χ1v) is 9.26. The second kappa shape index (κ2) is 5.76. The quantitative estimate of drug-likeness (QED) is 0.842. The zero-order valence-corrected chi connectivity index (χ0v) is 14.4. The highest BCUT2D eigenvalue weighted by atomic mass is 19.1. The minimum atomic E-state index is -0.285. The van der Waals surface area contributed by atoms with Crippen molar-refractivity contribution < 1.29 is 9.18 Å². The first-order valence-electron chi connectivity index (χ1n) is 9.26. The van der Waals surface area contributed by atoms with Gasteiger partial charge in [0.05, 0.1) is 12.7 Å². The van der Waals surface area contributed by atoms with Crippen molar-refractivity contribution in [2.75, 3.05) is 6.54 Å². The molecule has 1 aromatic heterocycles. The van der Waals surface area contributed by atoms with E-state index in [1.54, 1.807) is 24.4 Å². The SMILES string of the molecule is O=C(NC[C@@H]1CC2C=CC1C21CC1)c1cn(Cc2ccccc2F)nn1. The van der Waals surface area contributed by atoms with Gasteiger partial charge in [0.15, 0.2) is 5.69 Å². The van der Waals surface area contributed by atoms with Crippen molar-refractivity contribution in [1.82, 2.24) is 20.3 Å². The van der Waals surface area contributed by atoms with Crippen molar-refractivity contribution >= 4 is 5.91 Å². The summed E-state index contributed by atoms with van der Waals surface area (Å²) in [6.07, 6.45) is 10.2. The Morgan fingerprint density at radius 3 is 2.92 bits per heavy atom. The molecule has 2 fully saturated rings. The third-order valence-corrected chi connectivity index (χ3v) is 6.43. The van der Waals surface area contributed by atoms with Crippen LogP contribution >= 0.6 is 0 Å². The maximum Gasteiger partial charge on any atom is 0.273 e. The molecule has 1 heterocycles. The summed E-state index contributed by atoms with van der Waals surface area (Å²) < 4.78 is 15.2. The largest absolute Gasteiger partial charge is 0.350 e. The van der Waals surface area contributed by atoms with Gasteiger partial charge in [0, 0.05) is 12.1 Å². The molecule has 2 unspecified atom stereocenters. The highest BCUT2D eigenvalue weighted by molar-refractivity contribution is 5.91. The molecule has 1 aromatic carbocycles. The molecule has 2 bridgehead atoms. The number of carbonyl (C=O) groups is 1. The van der Waals surface area contributed by atoms with Crippen molar-refractivity contribution in [3.63, 3.8) is 0 Å². The molecular weight excluding hydrogens is 331 g/mol. The van der Waals surface area contributed by atoms with Gasteiger partial charge in [-0.1, -0.05) is 35.6 Å². The van der Waals surface area contributed by atoms with Gasteiger partial charge >= 0.3 is 0 Å². The first kappa shape index (κ1) is 15.7. The standard InChI is InChI=1S/C20H21FN4O/c21-17-4-2-1-3-13(17)11-25-12-18(23-24-25)19(26)22-10-14-9-15-5-6-16(14)20(15)7-8-20/h1-6,12,14-16H,7-11H2,(H,22,26)/t14-,15?,16?/m0/s1. The molecule has 1 N–H and O–H groups in total. The summed E-state index contributed by atoms with van der Waals surface area (Å²) in [5, 5.41) is 10.9. The number of nitrogens with one attached hydrogen (secondary N) is 1. The number of hydrogen-bond donors (Lipinski definition) is 1. The van der Waals surface area contributed by atoms with Crippen LogP contribution in [0.1, 0.15) is 35.3 Å². The average molecular weight is 352 g/mol. The minimum absolute atomic E-state index is 0.207. The second-order valence-corrected chi connectivity index (χ2v) is 7.85. The van der Waals surface area contributed by atoms with Gasteiger partial charge in [-0.25, -0.2) is 9.07 Å². The molecule has 3 aliphatic rings. The fraction of sp³-hybridized carbons (Fsp3) is 0.450. The van der Waals surface area contributed by atoms with Crippen LogP contribution in [0.15, 0.2) is 42.6 Å². The Balaban J connectivity index is 1.20. The molecule has 5 nitrogen and oxygen atoms in total. The summed E-state index contributed by atoms with van der Waals surface area (Å²) in [5.74, 6) is 1.39. The van der Waals surface area contributed by atoms with Crippen molar-refractivity contribution in [2.24, 2.45) is 23.2 Å². The van der Waals surface area contributed by atoms with Gasteiger partial charge in [-0.15, -0.1) is 5.10 Å². The first-order chi connectivity index (χ1) is 12.7. The van der Waals surface area contributed by atoms with E-state index < -0.39 is 0 Å². The van der Waals surface area contributed by atoms with E-state index >= 15 is 0 Å². The number of benzene rings is 1. The Bertz CT molecular complexity index is 885. The van der Waals surface area contributed by atoms with Crippen LogP contribution in [0, 0.1) is 29.0 Å². The van der Waals surface area contributed by atoms with E-state index in [0.717, 1.165) is 5.92 Å². The lowest BCUT2D eigenvalue weighted by atomic mass is 9.89. The van der Waals surface area contributed by atoms with E-state index in [1.807, 2.05) is 0 Å². The lowest BCUT2D eigenvalue weighted by Crippen LogP contribution is -2.31. The molecule has 2 aromatic rings. The maximum atomic E-state index is 13.7. The van der Waals surface area contributed by atoms with Crippen molar-refractivity contribution in [2.45, 2.75) is 25.8 Å². The van der Waals surface area contributed by atoms with E-state index in [1.165, 1.54) is 30.0 Å². The zero-order chi connectivity index (χ0) is 17.7. The summed E-state index contributed by atoms with van der Waals surface area (Å²) in [7, 11) is 0. The van der Waals surface area contributed by atoms with E-state index in [0.29, 0.717) is 29.4 Å². The number of amides is 1. The fourth-order valence-corrected chi connectivity index (χ4v) is 4.95. The maximum absolute atomic E-state index is 13.7. The molecule has 3 aliphatic carbocycles. The van der Waals surface area contributed by atoms with Crippen molar-refractivity contribution in [3.8, 4) is 0 Å². The van der Waals surface area contributed by atoms with E-state index in [-0.39, 0.29) is 24.0 Å². The number of hydrogen-bond acceptors (Lipinski definition) is 3. The minimum Gasteiger partial charge on any atom is -0.350 e. The molecule has 26 heavy (non-hydrogen) atoms. The third-order valence-electron chi connectivity index (χ3n) is 6.43. The van der Waals surface area contributed by atoms with Crippen molar-refractivity contribution in [3.05, 3.63) is 59.7 Å². The van der Waals surface area contributed by atoms with E-state index in [4.69, 9.17) is 0 Å².